The van der Waals surface area contributed by atoms with Gasteiger partial charge in [-0.2, -0.15) is 0 Å². The lowest BCUT2D eigenvalue weighted by atomic mass is 9.48. The van der Waals surface area contributed by atoms with E-state index in [-0.39, 0.29) is 11.4 Å². The number of rotatable bonds is 3. The number of aromatic nitrogens is 2. The Hall–Kier alpha value is -1.79. The topological polar surface area (TPSA) is 52.1 Å². The average Bonchev–Trinajstić information content (AvgIpc) is 2.76. The third-order valence-corrected chi connectivity index (χ3v) is 8.77. The maximum Gasteiger partial charge on any atom is 0.343 e. The summed E-state index contributed by atoms with van der Waals surface area (Å²) in [6.07, 6.45) is 11.3. The number of halogens is 2. The van der Waals surface area contributed by atoms with Crippen molar-refractivity contribution in [3.05, 3.63) is 62.9 Å². The number of esters is 1. The zero-order chi connectivity index (χ0) is 21.2. The van der Waals surface area contributed by atoms with Gasteiger partial charge in [0.1, 0.15) is 5.52 Å². The Labute approximate surface area is 198 Å². The van der Waals surface area contributed by atoms with Crippen molar-refractivity contribution < 1.29 is 9.53 Å². The third-order valence-electron chi connectivity index (χ3n) is 7.52. The Morgan fingerprint density at radius 1 is 0.935 bits per heavy atom. The van der Waals surface area contributed by atoms with Crippen LogP contribution in [0.2, 0.25) is 0 Å². The number of ether oxygens (including phenoxy) is 1. The van der Waals surface area contributed by atoms with Crippen LogP contribution in [-0.4, -0.2) is 15.9 Å². The summed E-state index contributed by atoms with van der Waals surface area (Å²) in [4.78, 5) is 22.4. The molecule has 1 aromatic carbocycles. The van der Waals surface area contributed by atoms with Crippen molar-refractivity contribution in [3.63, 3.8) is 0 Å². The second-order valence-corrected chi connectivity index (χ2v) is 11.3. The van der Waals surface area contributed by atoms with Gasteiger partial charge in [0, 0.05) is 33.4 Å². The van der Waals surface area contributed by atoms with E-state index in [1.54, 1.807) is 18.5 Å². The Balaban J connectivity index is 1.33. The van der Waals surface area contributed by atoms with Crippen LogP contribution in [0.4, 0.5) is 0 Å². The average molecular weight is 542 g/mol. The summed E-state index contributed by atoms with van der Waals surface area (Å²) < 4.78 is 7.46. The number of fused-ring (bicyclic) bond motifs is 1. The van der Waals surface area contributed by atoms with Crippen molar-refractivity contribution in [1.82, 2.24) is 9.97 Å². The smallest absolute Gasteiger partial charge is 0.343 e. The monoisotopic (exact) mass is 540 g/mol. The number of benzene rings is 1. The zero-order valence-electron chi connectivity index (χ0n) is 17.0. The molecule has 4 aliphatic carbocycles. The fraction of sp³-hybridized carbons (Fsp3) is 0.400. The lowest BCUT2D eigenvalue weighted by Gasteiger charge is -2.56. The van der Waals surface area contributed by atoms with Gasteiger partial charge in [-0.3, -0.25) is 9.97 Å². The maximum atomic E-state index is 13.2. The number of hydrogen-bond acceptors (Lipinski definition) is 4. The van der Waals surface area contributed by atoms with Crippen LogP contribution in [0.1, 0.15) is 54.6 Å². The molecule has 6 heteroatoms. The Kier molecular flexibility index (Phi) is 4.73. The molecule has 0 radical (unpaired) electrons. The van der Waals surface area contributed by atoms with Crippen LogP contribution in [-0.2, 0) is 5.41 Å². The van der Waals surface area contributed by atoms with Crippen molar-refractivity contribution in [1.29, 1.82) is 0 Å². The first kappa shape index (κ1) is 19.9. The number of pyridine rings is 2. The van der Waals surface area contributed by atoms with Gasteiger partial charge in [0.25, 0.3) is 0 Å². The van der Waals surface area contributed by atoms with Crippen molar-refractivity contribution >= 4 is 48.7 Å². The van der Waals surface area contributed by atoms with Gasteiger partial charge in [-0.25, -0.2) is 4.79 Å². The summed E-state index contributed by atoms with van der Waals surface area (Å²) in [6, 6.07) is 9.45. The van der Waals surface area contributed by atoms with E-state index in [9.17, 15) is 4.79 Å². The lowest BCUT2D eigenvalue weighted by Crippen LogP contribution is -2.49. The fourth-order valence-corrected chi connectivity index (χ4v) is 8.02. The Bertz CT molecular complexity index is 1170. The molecule has 2 aromatic heterocycles. The minimum absolute atomic E-state index is 0.150. The molecule has 0 aliphatic heterocycles. The van der Waals surface area contributed by atoms with Gasteiger partial charge in [-0.05, 0) is 96.5 Å². The molecule has 7 rings (SSSR count). The predicted octanol–water partition coefficient (Wildman–Crippen LogP) is 6.84. The molecular weight excluding hydrogens is 520 g/mol. The molecule has 0 unspecified atom stereocenters. The minimum Gasteiger partial charge on any atom is -0.419 e. The van der Waals surface area contributed by atoms with Crippen LogP contribution in [0.15, 0.2) is 51.7 Å². The van der Waals surface area contributed by atoms with E-state index >= 15 is 0 Å². The normalized spacial score (nSPS) is 28.8. The number of carbonyl (C=O) groups excluding carboxylic acids is 1. The molecule has 0 atom stereocenters. The van der Waals surface area contributed by atoms with E-state index in [0.717, 1.165) is 33.3 Å². The molecule has 3 aromatic rings. The van der Waals surface area contributed by atoms with Crippen molar-refractivity contribution in [2.75, 3.05) is 0 Å². The standard InChI is InChI=1S/C25H22Br2N2O2/c26-19-10-20(27)23(22-18(19)2-1-4-29-22)31-24(30)17-3-5-28-21(9-17)25-11-14-6-15(12-25)8-16(7-14)13-25/h1-5,9-10,14-16H,6-8,11-13H2. The van der Waals surface area contributed by atoms with Gasteiger partial charge in [0.05, 0.1) is 10.0 Å². The quantitative estimate of drug-likeness (QED) is 0.269. The molecule has 4 fully saturated rings. The van der Waals surface area contributed by atoms with Crippen LogP contribution in [0.25, 0.3) is 10.9 Å². The summed E-state index contributed by atoms with van der Waals surface area (Å²) in [5.74, 6) is 2.57. The zero-order valence-corrected chi connectivity index (χ0v) is 20.2. The predicted molar refractivity (Wildman–Crippen MR) is 126 cm³/mol. The molecule has 4 bridgehead atoms. The highest BCUT2D eigenvalue weighted by molar-refractivity contribution is 9.11. The minimum atomic E-state index is -0.372. The summed E-state index contributed by atoms with van der Waals surface area (Å²) in [5, 5.41) is 0.900. The van der Waals surface area contributed by atoms with Gasteiger partial charge >= 0.3 is 5.97 Å². The van der Waals surface area contributed by atoms with Crippen molar-refractivity contribution in [2.24, 2.45) is 17.8 Å². The van der Waals surface area contributed by atoms with Gasteiger partial charge in [0.2, 0.25) is 0 Å². The molecule has 2 heterocycles. The Morgan fingerprint density at radius 3 is 2.35 bits per heavy atom. The summed E-state index contributed by atoms with van der Waals surface area (Å²) >= 11 is 7.09. The fourth-order valence-electron chi connectivity index (χ4n) is 6.67. The van der Waals surface area contributed by atoms with Gasteiger partial charge in [-0.15, -0.1) is 0 Å². The molecule has 0 saturated heterocycles. The second-order valence-electron chi connectivity index (χ2n) is 9.59. The van der Waals surface area contributed by atoms with E-state index in [4.69, 9.17) is 9.72 Å². The molecule has 0 N–H and O–H groups in total. The number of nitrogens with zero attached hydrogens (tertiary/aromatic N) is 2. The Morgan fingerprint density at radius 2 is 1.65 bits per heavy atom. The van der Waals surface area contributed by atoms with Crippen LogP contribution < -0.4 is 4.74 Å². The molecule has 4 nitrogen and oxygen atoms in total. The highest BCUT2D eigenvalue weighted by atomic mass is 79.9. The van der Waals surface area contributed by atoms with Crippen LogP contribution in [0, 0.1) is 17.8 Å². The maximum absolute atomic E-state index is 13.2. The van der Waals surface area contributed by atoms with E-state index in [0.29, 0.717) is 21.3 Å². The first-order valence-electron chi connectivity index (χ1n) is 10.9. The lowest BCUT2D eigenvalue weighted by molar-refractivity contribution is -0.00723. The molecule has 0 spiro atoms. The first-order valence-corrected chi connectivity index (χ1v) is 12.5. The van der Waals surface area contributed by atoms with Crippen LogP contribution in [0.5, 0.6) is 5.75 Å². The third kappa shape index (κ3) is 3.34. The summed E-state index contributed by atoms with van der Waals surface area (Å²) in [7, 11) is 0. The summed E-state index contributed by atoms with van der Waals surface area (Å²) in [6.45, 7) is 0. The molecule has 4 aliphatic rings. The molecular formula is C25H22Br2N2O2. The van der Waals surface area contributed by atoms with Crippen molar-refractivity contribution in [2.45, 2.75) is 43.9 Å². The SMILES string of the molecule is O=C(Oc1c(Br)cc(Br)c2cccnc12)c1ccnc(C23CC4CC(CC(C4)C2)C3)c1. The summed E-state index contributed by atoms with van der Waals surface area (Å²) in [5.41, 5.74) is 2.43. The molecule has 158 valence electrons. The number of carbonyl (C=O) groups is 1. The molecule has 31 heavy (non-hydrogen) atoms. The van der Waals surface area contributed by atoms with Crippen molar-refractivity contribution in [3.8, 4) is 5.75 Å². The first-order chi connectivity index (χ1) is 15.0. The van der Waals surface area contributed by atoms with E-state index < -0.39 is 0 Å². The van der Waals surface area contributed by atoms with Crippen LogP contribution >= 0.6 is 31.9 Å². The van der Waals surface area contributed by atoms with Gasteiger partial charge in [-0.1, -0.05) is 22.0 Å². The number of hydrogen-bond donors (Lipinski definition) is 0. The van der Waals surface area contributed by atoms with E-state index in [1.165, 1.54) is 38.5 Å². The largest absolute Gasteiger partial charge is 0.419 e. The molecule has 4 saturated carbocycles. The van der Waals surface area contributed by atoms with E-state index in [1.807, 2.05) is 24.3 Å². The highest BCUT2D eigenvalue weighted by Gasteiger charge is 2.52. The second kappa shape index (κ2) is 7.38. The van der Waals surface area contributed by atoms with Gasteiger partial charge < -0.3 is 4.74 Å². The van der Waals surface area contributed by atoms with Crippen LogP contribution in [0.3, 0.4) is 0 Å². The van der Waals surface area contributed by atoms with Gasteiger partial charge in [0.15, 0.2) is 5.75 Å². The highest BCUT2D eigenvalue weighted by Crippen LogP contribution is 2.60. The van der Waals surface area contributed by atoms with E-state index in [2.05, 4.69) is 36.8 Å². The molecule has 0 amide bonds.